The summed E-state index contributed by atoms with van der Waals surface area (Å²) in [6.45, 7) is 13.8. The van der Waals surface area contributed by atoms with Crippen LogP contribution in [0, 0.1) is 16.7 Å². The monoisotopic (exact) mass is 885 g/mol. The van der Waals surface area contributed by atoms with Crippen LogP contribution >= 0.6 is 11.8 Å². The normalized spacial score (nSPS) is 32.4. The van der Waals surface area contributed by atoms with Gasteiger partial charge in [-0.2, -0.15) is 0 Å². The second-order valence-corrected chi connectivity index (χ2v) is 19.1. The number of furan rings is 1. The van der Waals surface area contributed by atoms with Gasteiger partial charge in [0.05, 0.1) is 43.0 Å². The van der Waals surface area contributed by atoms with E-state index in [1.807, 2.05) is 36.6 Å². The highest BCUT2D eigenvalue weighted by molar-refractivity contribution is 7.98. The van der Waals surface area contributed by atoms with Gasteiger partial charge in [-0.1, -0.05) is 44.2 Å². The Kier molecular flexibility index (Phi) is 13.5. The molecular weight excluding hydrogens is 827 g/mol. The predicted octanol–water partition coefficient (Wildman–Crippen LogP) is 5.13. The van der Waals surface area contributed by atoms with Crippen LogP contribution in [0.3, 0.4) is 0 Å². The maximum absolute atomic E-state index is 15.9. The molecule has 3 aliphatic carbocycles. The first-order valence-corrected chi connectivity index (χ1v) is 22.0. The minimum Gasteiger partial charge on any atom is -0.467 e. The fourth-order valence-corrected chi connectivity index (χ4v) is 10.3. The third-order valence-electron chi connectivity index (χ3n) is 12.9. The van der Waals surface area contributed by atoms with E-state index in [0.29, 0.717) is 0 Å². The number of benzene rings is 1. The number of hydrogen-bond acceptors (Lipinski definition) is 16. The average molecular weight is 886 g/mol. The summed E-state index contributed by atoms with van der Waals surface area (Å²) < 4.78 is 48.8. The molecule has 16 nitrogen and oxygen atoms in total. The quantitative estimate of drug-likeness (QED) is 0.103. The Labute approximate surface area is 365 Å². The van der Waals surface area contributed by atoms with Gasteiger partial charge < -0.3 is 53.1 Å². The van der Waals surface area contributed by atoms with E-state index >= 15 is 4.79 Å². The van der Waals surface area contributed by atoms with Gasteiger partial charge in [0.2, 0.25) is 0 Å². The molecule has 1 aromatic carbocycles. The number of fused-ring (bicyclic) bond motifs is 5. The lowest BCUT2D eigenvalue weighted by atomic mass is 9.44. The van der Waals surface area contributed by atoms with Crippen molar-refractivity contribution in [2.75, 3.05) is 18.8 Å². The lowest BCUT2D eigenvalue weighted by Crippen LogP contribution is -2.82. The lowest BCUT2D eigenvalue weighted by molar-refractivity contribution is -0.353. The van der Waals surface area contributed by atoms with Gasteiger partial charge in [-0.3, -0.25) is 14.4 Å². The number of alkyl carbamates (subject to hydrolysis) is 1. The Bertz CT molecular complexity index is 2030. The third kappa shape index (κ3) is 8.55. The molecular formula is C45H59NO15S. The van der Waals surface area contributed by atoms with Crippen molar-refractivity contribution in [2.24, 2.45) is 16.7 Å². The van der Waals surface area contributed by atoms with Gasteiger partial charge in [0.1, 0.15) is 35.2 Å². The first-order valence-electron chi connectivity index (χ1n) is 20.7. The van der Waals surface area contributed by atoms with Gasteiger partial charge in [-0.05, 0) is 69.7 Å². The zero-order chi connectivity index (χ0) is 45.6. The highest BCUT2D eigenvalue weighted by Gasteiger charge is 2.78. The maximum atomic E-state index is 15.9. The molecule has 3 fully saturated rings. The molecule has 6 rings (SSSR count). The molecule has 17 heteroatoms. The lowest BCUT2D eigenvalue weighted by Gasteiger charge is -2.68. The summed E-state index contributed by atoms with van der Waals surface area (Å²) in [5, 5.41) is 28.0. The van der Waals surface area contributed by atoms with E-state index in [2.05, 4.69) is 5.32 Å². The van der Waals surface area contributed by atoms with E-state index in [1.54, 1.807) is 48.5 Å². The Morgan fingerprint density at radius 1 is 1.00 bits per heavy atom. The smallest absolute Gasteiger partial charge is 0.408 e. The van der Waals surface area contributed by atoms with Gasteiger partial charge in [-0.25, -0.2) is 9.59 Å². The molecule has 1 saturated heterocycles. The van der Waals surface area contributed by atoms with E-state index in [9.17, 15) is 29.4 Å². The SMILES string of the molecule is CSCO[C@H]1C[C@H]2OC[C@@]2(OC(C)=O)C2[C@H](OCc3ccccc3)[C@]3(O)CC(OC(=O)[C@H](O)[C@@H](NC(=O)OC(C)(C)C)c4ccco4)C(C)=C([C@@H](OC(C)=O)C(=O)[C@@]21C)C3(C)C. The van der Waals surface area contributed by atoms with E-state index < -0.39 is 106 Å². The topological polar surface area (TPSA) is 216 Å². The second-order valence-electron chi connectivity index (χ2n) is 18.3. The van der Waals surface area contributed by atoms with Crippen LogP contribution in [0.25, 0.3) is 0 Å². The Balaban J connectivity index is 1.54. The van der Waals surface area contributed by atoms with Crippen LogP contribution in [0.1, 0.15) is 92.5 Å². The molecule has 2 unspecified atom stereocenters. The number of Topliss-reactive ketones (excluding diaryl/α,β-unsaturated/α-hetero) is 1. The van der Waals surface area contributed by atoms with Gasteiger partial charge in [0.15, 0.2) is 23.6 Å². The average Bonchev–Trinajstić information content (AvgIpc) is 3.72. The number of nitrogens with one attached hydrogen (secondary N) is 1. The zero-order valence-electron chi connectivity index (χ0n) is 36.9. The molecule has 1 amide bonds. The molecule has 62 heavy (non-hydrogen) atoms. The fraction of sp³-hybridized carbons (Fsp3) is 0.622. The standard InChI is InChI=1S/C45H59NO15S/c1-24-29(59-39(51)34(49)33(28-17-14-18-54-28)46-40(52)61-41(4,5)6)20-45(53)38(55-21-27-15-12-11-13-16-27)36-43(9,37(50)35(58-25(2)47)32(24)42(45,7)8)30(57-23-62-10)19-31-44(36,22-56-31)60-26(3)48/h11-18,29-31,33-36,38,49,53H,19-23H2,1-10H3,(H,46,52)/t29?,30-,31+,33-,34+,35+,36?,38-,43+,44-,45+/m0/s1. The first-order chi connectivity index (χ1) is 29.0. The van der Waals surface area contributed by atoms with E-state index in [1.165, 1.54) is 37.1 Å². The van der Waals surface area contributed by atoms with Crippen LogP contribution in [0.4, 0.5) is 4.79 Å². The number of ketones is 1. The van der Waals surface area contributed by atoms with Gasteiger partial charge in [-0.15, -0.1) is 11.8 Å². The molecule has 2 bridgehead atoms. The number of carbonyl (C=O) groups is 5. The molecule has 2 saturated carbocycles. The Morgan fingerprint density at radius 3 is 2.26 bits per heavy atom. The van der Waals surface area contributed by atoms with Gasteiger partial charge >= 0.3 is 24.0 Å². The molecule has 2 aromatic rings. The number of amides is 1. The Morgan fingerprint density at radius 2 is 1.69 bits per heavy atom. The van der Waals surface area contributed by atoms with Crippen LogP contribution in [0.15, 0.2) is 64.3 Å². The van der Waals surface area contributed by atoms with Crippen LogP contribution < -0.4 is 5.32 Å². The number of hydrogen-bond donors (Lipinski definition) is 3. The van der Waals surface area contributed by atoms with E-state index in [0.717, 1.165) is 12.5 Å². The van der Waals surface area contributed by atoms with Crippen molar-refractivity contribution >= 4 is 41.5 Å². The summed E-state index contributed by atoms with van der Waals surface area (Å²) in [4.78, 5) is 69.3. The van der Waals surface area contributed by atoms with Crippen molar-refractivity contribution in [2.45, 2.75) is 141 Å². The van der Waals surface area contributed by atoms with Gasteiger partial charge in [0.25, 0.3) is 0 Å². The Hall–Kier alpha value is -4.26. The van der Waals surface area contributed by atoms with E-state index in [4.69, 9.17) is 37.6 Å². The fourth-order valence-electron chi connectivity index (χ4n) is 10.0. The predicted molar refractivity (Wildman–Crippen MR) is 222 cm³/mol. The minimum absolute atomic E-state index is 0.0155. The van der Waals surface area contributed by atoms with Crippen molar-refractivity contribution in [3.63, 3.8) is 0 Å². The van der Waals surface area contributed by atoms with Crippen molar-refractivity contribution in [1.29, 1.82) is 0 Å². The second kappa shape index (κ2) is 17.7. The molecule has 0 spiro atoms. The van der Waals surface area contributed by atoms with Crippen molar-refractivity contribution in [3.05, 3.63) is 71.2 Å². The van der Waals surface area contributed by atoms with Gasteiger partial charge in [0, 0.05) is 38.0 Å². The summed E-state index contributed by atoms with van der Waals surface area (Å²) in [5.41, 5.74) is -6.59. The third-order valence-corrected chi connectivity index (χ3v) is 13.3. The summed E-state index contributed by atoms with van der Waals surface area (Å²) in [5.74, 6) is -4.32. The highest BCUT2D eigenvalue weighted by atomic mass is 32.2. The van der Waals surface area contributed by atoms with Crippen LogP contribution in [0.2, 0.25) is 0 Å². The van der Waals surface area contributed by atoms with Crippen LogP contribution in [-0.2, 0) is 58.9 Å². The largest absolute Gasteiger partial charge is 0.467 e. The number of aliphatic hydroxyl groups excluding tert-OH is 1. The number of thioether (sulfide) groups is 1. The van der Waals surface area contributed by atoms with Crippen molar-refractivity contribution in [3.8, 4) is 0 Å². The highest BCUT2D eigenvalue weighted by Crippen LogP contribution is 2.65. The van der Waals surface area contributed by atoms with Crippen LogP contribution in [-0.4, -0.2) is 112 Å². The minimum atomic E-state index is -2.12. The summed E-state index contributed by atoms with van der Waals surface area (Å²) in [6, 6.07) is 10.7. The number of ether oxygens (including phenoxy) is 7. The molecule has 11 atom stereocenters. The number of rotatable bonds is 13. The number of esters is 3. The molecule has 2 heterocycles. The zero-order valence-corrected chi connectivity index (χ0v) is 37.7. The molecule has 340 valence electrons. The van der Waals surface area contributed by atoms with Crippen molar-refractivity contribution in [1.82, 2.24) is 5.32 Å². The number of aliphatic hydroxyl groups is 2. The molecule has 1 aliphatic heterocycles. The van der Waals surface area contributed by atoms with E-state index in [-0.39, 0.29) is 48.9 Å². The number of carbonyl (C=O) groups excluding carboxylic acids is 5. The summed E-state index contributed by atoms with van der Waals surface area (Å²) >= 11 is 1.38. The van der Waals surface area contributed by atoms with Crippen molar-refractivity contribution < 1.29 is 71.8 Å². The maximum Gasteiger partial charge on any atom is 0.408 e. The molecule has 1 aromatic heterocycles. The first kappa shape index (κ1) is 47.2. The van der Waals surface area contributed by atoms with Crippen LogP contribution in [0.5, 0.6) is 0 Å². The summed E-state index contributed by atoms with van der Waals surface area (Å²) in [7, 11) is 0. The summed E-state index contributed by atoms with van der Waals surface area (Å²) in [6.07, 6.45) is -6.27. The molecule has 3 N–H and O–H groups in total. The molecule has 0 radical (unpaired) electrons. The molecule has 4 aliphatic rings.